The smallest absolute Gasteiger partial charge is 0.132 e. The van der Waals surface area contributed by atoms with Crippen molar-refractivity contribution in [1.82, 2.24) is 4.98 Å². The number of hydrogen-bond acceptors (Lipinski definition) is 3. The van der Waals surface area contributed by atoms with Crippen LogP contribution in [0.25, 0.3) is 0 Å². The molecule has 0 saturated carbocycles. The van der Waals surface area contributed by atoms with E-state index in [0.29, 0.717) is 16.5 Å². The van der Waals surface area contributed by atoms with Crippen molar-refractivity contribution in [2.24, 2.45) is 0 Å². The molecule has 1 N–H and O–H groups in total. The van der Waals surface area contributed by atoms with Crippen molar-refractivity contribution < 1.29 is 0 Å². The molecule has 2 rings (SSSR count). The van der Waals surface area contributed by atoms with Crippen LogP contribution in [-0.2, 0) is 0 Å². The van der Waals surface area contributed by atoms with Crippen LogP contribution in [0, 0.1) is 11.3 Å². The summed E-state index contributed by atoms with van der Waals surface area (Å²) in [5.74, 6) is 0.655. The van der Waals surface area contributed by atoms with Crippen LogP contribution >= 0.6 is 27.5 Å². The second-order valence-corrected chi connectivity index (χ2v) is 4.52. The normalized spacial score (nSPS) is 9.71. The fourth-order valence-electron chi connectivity index (χ4n) is 1.30. The largest absolute Gasteiger partial charge is 0.339 e. The quantitative estimate of drug-likeness (QED) is 0.849. The monoisotopic (exact) mass is 307 g/mol. The molecule has 0 atom stereocenters. The summed E-state index contributed by atoms with van der Waals surface area (Å²) in [4.78, 5) is 4.12. The molecule has 0 amide bonds. The first-order valence-electron chi connectivity index (χ1n) is 4.78. The predicted molar refractivity (Wildman–Crippen MR) is 71.4 cm³/mol. The van der Waals surface area contributed by atoms with Crippen molar-refractivity contribution in [1.29, 1.82) is 5.26 Å². The second kappa shape index (κ2) is 5.17. The van der Waals surface area contributed by atoms with Gasteiger partial charge in [-0.1, -0.05) is 17.7 Å². The van der Waals surface area contributed by atoms with Crippen LogP contribution in [-0.4, -0.2) is 4.98 Å². The maximum absolute atomic E-state index is 8.76. The highest BCUT2D eigenvalue weighted by atomic mass is 79.9. The summed E-state index contributed by atoms with van der Waals surface area (Å²) >= 11 is 9.18. The average Bonchev–Trinajstić information content (AvgIpc) is 2.32. The molecule has 84 valence electrons. The van der Waals surface area contributed by atoms with Crippen molar-refractivity contribution in [2.45, 2.75) is 0 Å². The second-order valence-electron chi connectivity index (χ2n) is 3.28. The number of benzene rings is 1. The molecular weight excluding hydrogens is 302 g/mol. The molecule has 1 aromatic heterocycles. The molecule has 0 fully saturated rings. The van der Waals surface area contributed by atoms with Gasteiger partial charge in [0.15, 0.2) is 0 Å². The first-order chi connectivity index (χ1) is 8.19. The van der Waals surface area contributed by atoms with Gasteiger partial charge in [-0.3, -0.25) is 0 Å². The van der Waals surface area contributed by atoms with E-state index < -0.39 is 0 Å². The zero-order chi connectivity index (χ0) is 12.3. The van der Waals surface area contributed by atoms with Gasteiger partial charge in [0.2, 0.25) is 0 Å². The Hall–Kier alpha value is -1.57. The summed E-state index contributed by atoms with van der Waals surface area (Å²) in [6.45, 7) is 0. The lowest BCUT2D eigenvalue weighted by atomic mass is 10.2. The Morgan fingerprint density at radius 1 is 1.29 bits per heavy atom. The zero-order valence-electron chi connectivity index (χ0n) is 8.61. The van der Waals surface area contributed by atoms with Crippen LogP contribution in [0.2, 0.25) is 5.15 Å². The Labute approximate surface area is 112 Å². The van der Waals surface area contributed by atoms with Crippen molar-refractivity contribution >= 4 is 39.0 Å². The van der Waals surface area contributed by atoms with E-state index in [0.717, 1.165) is 10.2 Å². The van der Waals surface area contributed by atoms with Crippen LogP contribution in [0.15, 0.2) is 40.9 Å². The molecule has 1 heterocycles. The van der Waals surface area contributed by atoms with Crippen LogP contribution in [0.3, 0.4) is 0 Å². The molecule has 0 spiro atoms. The highest BCUT2D eigenvalue weighted by Crippen LogP contribution is 2.26. The Bertz CT molecular complexity index is 593. The standard InChI is InChI=1S/C12H7BrClN3/c13-9-6-8(7-15)4-5-10(9)16-12-3-1-2-11(14)17-12/h1-6H,(H,16,17). The van der Waals surface area contributed by atoms with E-state index >= 15 is 0 Å². The molecule has 2 aromatic rings. The van der Waals surface area contributed by atoms with Crippen LogP contribution < -0.4 is 5.32 Å². The number of hydrogen-bond donors (Lipinski definition) is 1. The lowest BCUT2D eigenvalue weighted by Gasteiger charge is -2.07. The molecule has 3 nitrogen and oxygen atoms in total. The van der Waals surface area contributed by atoms with Gasteiger partial charge in [0, 0.05) is 4.47 Å². The number of nitriles is 1. The van der Waals surface area contributed by atoms with Crippen LogP contribution in [0.4, 0.5) is 11.5 Å². The van der Waals surface area contributed by atoms with Gasteiger partial charge >= 0.3 is 0 Å². The summed E-state index contributed by atoms with van der Waals surface area (Å²) in [5.41, 5.74) is 1.43. The number of rotatable bonds is 2. The zero-order valence-corrected chi connectivity index (χ0v) is 11.0. The van der Waals surface area contributed by atoms with E-state index in [4.69, 9.17) is 16.9 Å². The molecule has 0 bridgehead atoms. The van der Waals surface area contributed by atoms with Gasteiger partial charge in [-0.05, 0) is 46.3 Å². The minimum atomic E-state index is 0.430. The lowest BCUT2D eigenvalue weighted by molar-refractivity contribution is 1.30. The third kappa shape index (κ3) is 2.96. The summed E-state index contributed by atoms with van der Waals surface area (Å²) in [7, 11) is 0. The van der Waals surface area contributed by atoms with E-state index in [1.54, 1.807) is 18.2 Å². The third-order valence-electron chi connectivity index (χ3n) is 2.08. The Morgan fingerprint density at radius 3 is 2.76 bits per heavy atom. The van der Waals surface area contributed by atoms with E-state index in [-0.39, 0.29) is 0 Å². The summed E-state index contributed by atoms with van der Waals surface area (Å²) < 4.78 is 0.804. The highest BCUT2D eigenvalue weighted by Gasteiger charge is 2.02. The van der Waals surface area contributed by atoms with Crippen molar-refractivity contribution in [3.63, 3.8) is 0 Å². The van der Waals surface area contributed by atoms with E-state index in [9.17, 15) is 0 Å². The van der Waals surface area contributed by atoms with Gasteiger partial charge in [0.05, 0.1) is 17.3 Å². The van der Waals surface area contributed by atoms with Crippen LogP contribution in [0.5, 0.6) is 0 Å². The van der Waals surface area contributed by atoms with Crippen molar-refractivity contribution in [3.05, 3.63) is 51.6 Å². The minimum absolute atomic E-state index is 0.430. The molecule has 17 heavy (non-hydrogen) atoms. The number of pyridine rings is 1. The van der Waals surface area contributed by atoms with Gasteiger partial charge in [-0.25, -0.2) is 4.98 Å². The topological polar surface area (TPSA) is 48.7 Å². The molecule has 0 saturated heterocycles. The number of aromatic nitrogens is 1. The predicted octanol–water partition coefficient (Wildman–Crippen LogP) is 4.11. The lowest BCUT2D eigenvalue weighted by Crippen LogP contribution is -1.94. The first kappa shape index (κ1) is 11.9. The molecule has 0 aliphatic carbocycles. The Kier molecular flexibility index (Phi) is 3.62. The molecular formula is C12H7BrClN3. The number of anilines is 2. The van der Waals surface area contributed by atoms with Gasteiger partial charge < -0.3 is 5.32 Å². The summed E-state index contributed by atoms with van der Waals surface area (Å²) in [6, 6.07) is 12.7. The van der Waals surface area contributed by atoms with Crippen molar-refractivity contribution in [3.8, 4) is 6.07 Å². The third-order valence-corrected chi connectivity index (χ3v) is 2.94. The van der Waals surface area contributed by atoms with Gasteiger partial charge in [0.25, 0.3) is 0 Å². The maximum Gasteiger partial charge on any atom is 0.132 e. The molecule has 1 aromatic carbocycles. The number of nitrogens with zero attached hydrogens (tertiary/aromatic N) is 2. The molecule has 0 aliphatic heterocycles. The number of nitrogens with one attached hydrogen (secondary N) is 1. The van der Waals surface area contributed by atoms with E-state index in [2.05, 4.69) is 32.3 Å². The highest BCUT2D eigenvalue weighted by molar-refractivity contribution is 9.10. The molecule has 0 radical (unpaired) electrons. The van der Waals surface area contributed by atoms with Crippen LogP contribution in [0.1, 0.15) is 5.56 Å². The summed E-state index contributed by atoms with van der Waals surface area (Å²) in [5, 5.41) is 12.3. The average molecular weight is 309 g/mol. The fraction of sp³-hybridized carbons (Fsp3) is 0. The summed E-state index contributed by atoms with van der Waals surface area (Å²) in [6.07, 6.45) is 0. The van der Waals surface area contributed by atoms with E-state index in [1.165, 1.54) is 0 Å². The minimum Gasteiger partial charge on any atom is -0.339 e. The van der Waals surface area contributed by atoms with Crippen molar-refractivity contribution in [2.75, 3.05) is 5.32 Å². The maximum atomic E-state index is 8.76. The SMILES string of the molecule is N#Cc1ccc(Nc2cccc(Cl)n2)c(Br)c1. The molecule has 5 heteroatoms. The fourth-order valence-corrected chi connectivity index (χ4v) is 1.94. The Morgan fingerprint density at radius 2 is 2.12 bits per heavy atom. The first-order valence-corrected chi connectivity index (χ1v) is 5.95. The van der Waals surface area contributed by atoms with Gasteiger partial charge in [0.1, 0.15) is 11.0 Å². The number of halogens is 2. The van der Waals surface area contributed by atoms with Gasteiger partial charge in [-0.2, -0.15) is 5.26 Å². The van der Waals surface area contributed by atoms with Gasteiger partial charge in [-0.15, -0.1) is 0 Å². The molecule has 0 unspecified atom stereocenters. The molecule has 0 aliphatic rings. The van der Waals surface area contributed by atoms with E-state index in [1.807, 2.05) is 18.2 Å². The Balaban J connectivity index is 2.28.